The second-order valence-electron chi connectivity index (χ2n) is 19.0. The third kappa shape index (κ3) is 37.4. The number of ether oxygens (including phenoxy) is 2. The van der Waals surface area contributed by atoms with Crippen molar-refractivity contribution in [2.75, 3.05) is 13.2 Å². The molecule has 23 nitrogen and oxygen atoms in total. The number of ketones is 1. The molecule has 0 heterocycles. The minimum atomic E-state index is -5.79. The van der Waals surface area contributed by atoms with Crippen LogP contribution in [0.5, 0.6) is 0 Å². The molecule has 73 heavy (non-hydrogen) atoms. The molecule has 432 valence electrons. The number of rotatable bonds is 47. The predicted octanol–water partition coefficient (Wildman–Crippen LogP) is 9.20. The summed E-state index contributed by atoms with van der Waals surface area (Å²) in [6.45, 7) is 2.56. The maximum absolute atomic E-state index is 13.3. The summed E-state index contributed by atoms with van der Waals surface area (Å²) < 4.78 is 82.3. The standard InChI is InChI=1S/C46H90O23P4/c1-3-5-6-7-8-9-10-13-18-21-24-27-30-34-40(49)65-38(35-63-39(48)33-29-26-23-20-17-15-12-11-14-16-19-22-25-28-32-37(47)31-4-2)36-64-73(61,62)69-43-41(50)44(66-70(52,53)54)46(68-72(58,59)60)45(42(43)51)67-71(55,56)57/h38,41-46,50-51H,3-36H2,1-2H3,(H,61,62)(H2,52,53,54)(H2,55,56,57)(H2,58,59,60)/t38-,41+,42?,43?,44+,45-,46?/m1/s1. The Hall–Kier alpha value is -1.03. The first-order chi connectivity index (χ1) is 34.4. The van der Waals surface area contributed by atoms with Crippen LogP contribution in [0, 0.1) is 0 Å². The molecule has 1 rings (SSSR count). The lowest BCUT2D eigenvalue weighted by Crippen LogP contribution is -2.65. The lowest BCUT2D eigenvalue weighted by atomic mass is 9.85. The minimum absolute atomic E-state index is 0.0248. The number of aliphatic hydroxyl groups excluding tert-OH is 2. The van der Waals surface area contributed by atoms with Crippen LogP contribution in [0.15, 0.2) is 0 Å². The molecule has 0 radical (unpaired) electrons. The van der Waals surface area contributed by atoms with Crippen molar-refractivity contribution in [1.82, 2.24) is 0 Å². The van der Waals surface area contributed by atoms with E-state index >= 15 is 0 Å². The van der Waals surface area contributed by atoms with Gasteiger partial charge in [-0.3, -0.25) is 37.0 Å². The number of hydrogen-bond donors (Lipinski definition) is 9. The van der Waals surface area contributed by atoms with Gasteiger partial charge < -0.3 is 53.9 Å². The molecule has 9 N–H and O–H groups in total. The molecule has 0 bridgehead atoms. The number of phosphoric acid groups is 4. The Balaban J connectivity index is 2.80. The Labute approximate surface area is 432 Å². The molecule has 1 saturated carbocycles. The van der Waals surface area contributed by atoms with Crippen LogP contribution in [-0.2, 0) is 64.7 Å². The Morgan fingerprint density at radius 2 is 0.740 bits per heavy atom. The Kier molecular flexibility index (Phi) is 37.7. The summed E-state index contributed by atoms with van der Waals surface area (Å²) in [6.07, 6.45) is 12.8. The van der Waals surface area contributed by atoms with Crippen molar-refractivity contribution in [3.8, 4) is 0 Å². The second kappa shape index (κ2) is 39.3. The highest BCUT2D eigenvalue weighted by Gasteiger charge is 2.59. The SMILES string of the molecule is CCCCCCCCCCCCCCCC(=O)O[C@H](COC(=O)CCCCCCCCCCCCCCCCC(=O)CCC)COP(=O)(O)OC1C(O)[C@@H](OP(=O)(O)O)C(OP(=O)(O)O)[C@@H](OP(=O)(O)O)[C@H]1O. The van der Waals surface area contributed by atoms with Crippen LogP contribution < -0.4 is 0 Å². The second-order valence-corrected chi connectivity index (χ2v) is 24.0. The third-order valence-corrected chi connectivity index (χ3v) is 14.8. The summed E-state index contributed by atoms with van der Waals surface area (Å²) in [5, 5.41) is 21.9. The highest BCUT2D eigenvalue weighted by Crippen LogP contribution is 2.53. The Morgan fingerprint density at radius 3 is 1.11 bits per heavy atom. The molecule has 0 aromatic heterocycles. The van der Waals surface area contributed by atoms with E-state index in [2.05, 4.69) is 20.5 Å². The number of carbonyl (C=O) groups is 3. The third-order valence-electron chi connectivity index (χ3n) is 12.3. The van der Waals surface area contributed by atoms with Crippen LogP contribution in [0.4, 0.5) is 0 Å². The fraction of sp³-hybridized carbons (Fsp3) is 0.935. The van der Waals surface area contributed by atoms with Gasteiger partial charge in [0.05, 0.1) is 6.61 Å². The van der Waals surface area contributed by atoms with Gasteiger partial charge in [0.25, 0.3) is 0 Å². The van der Waals surface area contributed by atoms with Crippen molar-refractivity contribution in [2.45, 2.75) is 262 Å². The lowest BCUT2D eigenvalue weighted by Gasteiger charge is -2.45. The van der Waals surface area contributed by atoms with E-state index in [0.29, 0.717) is 31.5 Å². The normalized spacial score (nSPS) is 20.9. The van der Waals surface area contributed by atoms with Crippen LogP contribution in [0.3, 0.4) is 0 Å². The number of phosphoric ester groups is 4. The molecule has 1 fully saturated rings. The number of hydrogen-bond acceptors (Lipinski definition) is 16. The predicted molar refractivity (Wildman–Crippen MR) is 268 cm³/mol. The summed E-state index contributed by atoms with van der Waals surface area (Å²) in [6, 6.07) is 0. The zero-order valence-corrected chi connectivity index (χ0v) is 46.7. The van der Waals surface area contributed by atoms with E-state index in [1.807, 2.05) is 6.92 Å². The van der Waals surface area contributed by atoms with Gasteiger partial charge in [-0.2, -0.15) is 0 Å². The molecule has 0 saturated heterocycles. The molecule has 4 unspecified atom stereocenters. The fourth-order valence-electron chi connectivity index (χ4n) is 8.50. The molecule has 27 heteroatoms. The van der Waals surface area contributed by atoms with Crippen molar-refractivity contribution in [2.24, 2.45) is 0 Å². The van der Waals surface area contributed by atoms with Gasteiger partial charge in [0.15, 0.2) is 6.10 Å². The van der Waals surface area contributed by atoms with Gasteiger partial charge in [0.1, 0.15) is 49.0 Å². The van der Waals surface area contributed by atoms with Gasteiger partial charge >= 0.3 is 43.2 Å². The van der Waals surface area contributed by atoms with Crippen LogP contribution in [0.2, 0.25) is 0 Å². The maximum Gasteiger partial charge on any atom is 0.472 e. The number of esters is 2. The first-order valence-electron chi connectivity index (χ1n) is 26.5. The molecule has 0 amide bonds. The summed E-state index contributed by atoms with van der Waals surface area (Å²) in [7, 11) is -23.0. The topological polar surface area (TPSA) is 366 Å². The number of carbonyl (C=O) groups excluding carboxylic acids is 3. The highest BCUT2D eigenvalue weighted by molar-refractivity contribution is 7.47. The monoisotopic (exact) mass is 1130 g/mol. The molecule has 1 aliphatic carbocycles. The number of aliphatic hydroxyl groups is 2. The molecule has 1 aliphatic rings. The summed E-state index contributed by atoms with van der Waals surface area (Å²) >= 11 is 0. The number of unbranched alkanes of at least 4 members (excludes halogenated alkanes) is 25. The van der Waals surface area contributed by atoms with Crippen LogP contribution in [-0.4, -0.2) is 118 Å². The van der Waals surface area contributed by atoms with Crippen molar-refractivity contribution in [1.29, 1.82) is 0 Å². The van der Waals surface area contributed by atoms with Crippen molar-refractivity contribution < 1.29 is 109 Å². The van der Waals surface area contributed by atoms with E-state index in [0.717, 1.165) is 89.9 Å². The first kappa shape index (κ1) is 70.0. The van der Waals surface area contributed by atoms with Crippen LogP contribution in [0.25, 0.3) is 0 Å². The van der Waals surface area contributed by atoms with Crippen LogP contribution in [0.1, 0.15) is 219 Å². The summed E-state index contributed by atoms with van der Waals surface area (Å²) in [5.41, 5.74) is 0. The first-order valence-corrected chi connectivity index (χ1v) is 32.6. The molecular formula is C46H90O23P4. The molecular weight excluding hydrogens is 1040 g/mol. The van der Waals surface area contributed by atoms with E-state index in [-0.39, 0.29) is 12.8 Å². The van der Waals surface area contributed by atoms with Gasteiger partial charge in [-0.05, 0) is 25.7 Å². The zero-order valence-electron chi connectivity index (χ0n) is 43.1. The minimum Gasteiger partial charge on any atom is -0.462 e. The van der Waals surface area contributed by atoms with Crippen molar-refractivity contribution in [3.63, 3.8) is 0 Å². The molecule has 0 aliphatic heterocycles. The van der Waals surface area contributed by atoms with E-state index in [9.17, 15) is 77.1 Å². The van der Waals surface area contributed by atoms with Crippen LogP contribution >= 0.6 is 31.3 Å². The Bertz CT molecular complexity index is 1650. The van der Waals surface area contributed by atoms with Gasteiger partial charge in [-0.15, -0.1) is 0 Å². The van der Waals surface area contributed by atoms with Gasteiger partial charge in [-0.1, -0.05) is 168 Å². The van der Waals surface area contributed by atoms with E-state index in [4.69, 9.17) is 18.5 Å². The zero-order chi connectivity index (χ0) is 54.8. The maximum atomic E-state index is 13.3. The van der Waals surface area contributed by atoms with Gasteiger partial charge in [-0.25, -0.2) is 18.3 Å². The highest BCUT2D eigenvalue weighted by atomic mass is 31.2. The van der Waals surface area contributed by atoms with Gasteiger partial charge in [0, 0.05) is 25.7 Å². The molecule has 0 aromatic carbocycles. The quantitative estimate of drug-likeness (QED) is 0.0156. The summed E-state index contributed by atoms with van der Waals surface area (Å²) in [5.74, 6) is -1.04. The molecule has 0 aromatic rings. The van der Waals surface area contributed by atoms with Crippen molar-refractivity contribution >= 4 is 49.0 Å². The van der Waals surface area contributed by atoms with E-state index in [1.54, 1.807) is 0 Å². The average Bonchev–Trinajstić information content (AvgIpc) is 3.29. The van der Waals surface area contributed by atoms with Crippen molar-refractivity contribution in [3.05, 3.63) is 0 Å². The molecule has 8 atom stereocenters. The fourth-order valence-corrected chi connectivity index (χ4v) is 11.2. The van der Waals surface area contributed by atoms with E-state index < -0.39 is 99.2 Å². The lowest BCUT2D eigenvalue weighted by molar-refractivity contribution is -0.209. The Morgan fingerprint density at radius 1 is 0.397 bits per heavy atom. The largest absolute Gasteiger partial charge is 0.472 e. The number of Topliss-reactive ketones (excluding diaryl/α,β-unsaturated/α-hetero) is 1. The average molecular weight is 1140 g/mol. The smallest absolute Gasteiger partial charge is 0.462 e. The summed E-state index contributed by atoms with van der Waals surface area (Å²) in [4.78, 5) is 105. The molecule has 0 spiro atoms. The van der Waals surface area contributed by atoms with E-state index in [1.165, 1.54) is 77.0 Å². The van der Waals surface area contributed by atoms with Gasteiger partial charge in [0.2, 0.25) is 0 Å².